The molecule has 5 heteroatoms. The van der Waals surface area contributed by atoms with E-state index in [2.05, 4.69) is 0 Å². The van der Waals surface area contributed by atoms with Crippen molar-refractivity contribution in [2.24, 2.45) is 0 Å². The van der Waals surface area contributed by atoms with Crippen molar-refractivity contribution >= 4 is 23.5 Å². The van der Waals surface area contributed by atoms with E-state index in [0.29, 0.717) is 6.54 Å². The first kappa shape index (κ1) is 9.32. The number of halogens is 1. The van der Waals surface area contributed by atoms with Gasteiger partial charge in [-0.05, 0) is 0 Å². The number of hydrogen-bond donors (Lipinski definition) is 0. The van der Waals surface area contributed by atoms with Crippen molar-refractivity contribution in [1.29, 1.82) is 0 Å². The van der Waals surface area contributed by atoms with Gasteiger partial charge < -0.3 is 9.64 Å². The van der Waals surface area contributed by atoms with Gasteiger partial charge in [0.15, 0.2) is 0 Å². The maximum atomic E-state index is 11.0. The maximum Gasteiger partial charge on any atom is 0.302 e. The largest absolute Gasteiger partial charge is 0.460 e. The number of carbonyl (C=O) groups excluding carboxylic acids is 2. The molecule has 68 valence electrons. The van der Waals surface area contributed by atoms with Gasteiger partial charge in [-0.25, -0.2) is 0 Å². The average Bonchev–Trinajstić information content (AvgIpc) is 2.29. The Morgan fingerprint density at radius 3 is 2.92 bits per heavy atom. The van der Waals surface area contributed by atoms with Crippen molar-refractivity contribution in [2.75, 3.05) is 12.5 Å². The molecule has 0 N–H and O–H groups in total. The summed E-state index contributed by atoms with van der Waals surface area (Å²) in [6.07, 6.45) is -0.0551. The van der Waals surface area contributed by atoms with Gasteiger partial charge in [-0.1, -0.05) is 0 Å². The van der Waals surface area contributed by atoms with Crippen molar-refractivity contribution in [3.05, 3.63) is 0 Å². The Labute approximate surface area is 75.4 Å². The van der Waals surface area contributed by atoms with Crippen molar-refractivity contribution in [1.82, 2.24) is 4.90 Å². The molecule has 1 fully saturated rings. The number of likely N-dealkylation sites (tertiary alicyclic amines) is 1. The molecule has 0 aliphatic carbocycles. The van der Waals surface area contributed by atoms with E-state index in [1.54, 1.807) is 0 Å². The molecule has 4 nitrogen and oxygen atoms in total. The van der Waals surface area contributed by atoms with Crippen LogP contribution in [0.1, 0.15) is 13.3 Å². The first-order valence-corrected chi connectivity index (χ1v) is 4.18. The molecular formula is C7H10ClNO3. The molecule has 1 aliphatic rings. The predicted octanol–water partition coefficient (Wildman–Crippen LogP) is 0.347. The van der Waals surface area contributed by atoms with Crippen LogP contribution in [0.15, 0.2) is 0 Å². The molecule has 0 saturated carbocycles. The average molecular weight is 192 g/mol. The second kappa shape index (κ2) is 3.76. The molecule has 0 aromatic rings. The standard InChI is InChI=1S/C7H10ClNO3/c1-5(10)12-6-2-7(11)9(3-6)4-8/h6H,2-4H2,1H3. The van der Waals surface area contributed by atoms with E-state index in [4.69, 9.17) is 16.3 Å². The number of rotatable bonds is 2. The molecule has 1 atom stereocenters. The van der Waals surface area contributed by atoms with Crippen molar-refractivity contribution in [2.45, 2.75) is 19.4 Å². The van der Waals surface area contributed by atoms with E-state index in [-0.39, 0.29) is 30.4 Å². The van der Waals surface area contributed by atoms with Crippen LogP contribution < -0.4 is 0 Å². The molecule has 1 saturated heterocycles. The quantitative estimate of drug-likeness (QED) is 0.360. The summed E-state index contributed by atoms with van der Waals surface area (Å²) in [6, 6.07) is 0.163. The van der Waals surface area contributed by atoms with Crippen molar-refractivity contribution in [3.63, 3.8) is 0 Å². The fourth-order valence-electron chi connectivity index (χ4n) is 1.17. The van der Waals surface area contributed by atoms with Crippen LogP contribution in [0.25, 0.3) is 0 Å². The second-order valence-corrected chi connectivity index (χ2v) is 2.91. The lowest BCUT2D eigenvalue weighted by Gasteiger charge is -2.11. The van der Waals surface area contributed by atoms with Crippen LogP contribution in [0.3, 0.4) is 0 Å². The highest BCUT2D eigenvalue weighted by atomic mass is 35.5. The number of carbonyl (C=O) groups is 2. The number of hydrogen-bond acceptors (Lipinski definition) is 3. The molecule has 0 bridgehead atoms. The Bertz CT molecular complexity index is 207. The van der Waals surface area contributed by atoms with Gasteiger partial charge in [0.1, 0.15) is 6.10 Å². The molecule has 12 heavy (non-hydrogen) atoms. The molecule has 1 unspecified atom stereocenters. The van der Waals surface area contributed by atoms with Gasteiger partial charge in [0.05, 0.1) is 19.0 Å². The van der Waals surface area contributed by atoms with Gasteiger partial charge in [0, 0.05) is 6.92 Å². The molecule has 1 heterocycles. The number of esters is 1. The summed E-state index contributed by atoms with van der Waals surface area (Å²) in [5.41, 5.74) is 0. The normalized spacial score (nSPS) is 23.0. The molecule has 0 aromatic carbocycles. The molecule has 0 aromatic heterocycles. The summed E-state index contributed by atoms with van der Waals surface area (Å²) < 4.78 is 4.85. The van der Waals surface area contributed by atoms with E-state index < -0.39 is 0 Å². The van der Waals surface area contributed by atoms with Gasteiger partial charge in [-0.15, -0.1) is 11.6 Å². The zero-order valence-corrected chi connectivity index (χ0v) is 7.50. The van der Waals surface area contributed by atoms with Crippen LogP contribution in [-0.4, -0.2) is 35.4 Å². The first-order chi connectivity index (χ1) is 5.63. The van der Waals surface area contributed by atoms with Crippen LogP contribution in [0.2, 0.25) is 0 Å². The summed E-state index contributed by atoms with van der Waals surface area (Å²) in [5.74, 6) is -0.416. The zero-order valence-electron chi connectivity index (χ0n) is 6.75. The van der Waals surface area contributed by atoms with Crippen LogP contribution in [-0.2, 0) is 14.3 Å². The topological polar surface area (TPSA) is 46.6 Å². The highest BCUT2D eigenvalue weighted by Gasteiger charge is 2.30. The molecule has 1 aliphatic heterocycles. The third-order valence-corrected chi connectivity index (χ3v) is 1.94. The van der Waals surface area contributed by atoms with E-state index in [0.717, 1.165) is 0 Å². The molecule has 0 spiro atoms. The lowest BCUT2D eigenvalue weighted by molar-refractivity contribution is -0.145. The number of alkyl halides is 1. The van der Waals surface area contributed by atoms with Crippen molar-refractivity contribution in [3.8, 4) is 0 Å². The first-order valence-electron chi connectivity index (χ1n) is 3.64. The Morgan fingerprint density at radius 2 is 2.50 bits per heavy atom. The summed E-state index contributed by atoms with van der Waals surface area (Å²) in [7, 11) is 0. The van der Waals surface area contributed by atoms with Crippen LogP contribution in [0.4, 0.5) is 0 Å². The van der Waals surface area contributed by atoms with Gasteiger partial charge in [-0.3, -0.25) is 9.59 Å². The zero-order chi connectivity index (χ0) is 9.14. The van der Waals surface area contributed by atoms with Crippen LogP contribution in [0.5, 0.6) is 0 Å². The molecule has 1 rings (SSSR count). The van der Waals surface area contributed by atoms with E-state index in [1.807, 2.05) is 0 Å². The fourth-order valence-corrected chi connectivity index (χ4v) is 1.40. The highest BCUT2D eigenvalue weighted by molar-refractivity contribution is 6.18. The SMILES string of the molecule is CC(=O)OC1CC(=O)N(CCl)C1. The minimum atomic E-state index is -0.357. The van der Waals surface area contributed by atoms with Crippen molar-refractivity contribution < 1.29 is 14.3 Å². The van der Waals surface area contributed by atoms with Gasteiger partial charge >= 0.3 is 5.97 Å². The summed E-state index contributed by atoms with van der Waals surface area (Å²) >= 11 is 5.47. The summed E-state index contributed by atoms with van der Waals surface area (Å²) in [6.45, 7) is 1.75. The Balaban J connectivity index is 2.43. The Hall–Kier alpha value is -0.770. The minimum absolute atomic E-state index is 0.0590. The van der Waals surface area contributed by atoms with Gasteiger partial charge in [0.25, 0.3) is 0 Å². The van der Waals surface area contributed by atoms with E-state index in [1.165, 1.54) is 11.8 Å². The summed E-state index contributed by atoms with van der Waals surface area (Å²) in [5, 5.41) is 0. The Morgan fingerprint density at radius 1 is 1.83 bits per heavy atom. The smallest absolute Gasteiger partial charge is 0.302 e. The van der Waals surface area contributed by atoms with Crippen LogP contribution >= 0.6 is 11.6 Å². The van der Waals surface area contributed by atoms with Crippen LogP contribution in [0, 0.1) is 0 Å². The van der Waals surface area contributed by atoms with Gasteiger partial charge in [0.2, 0.25) is 5.91 Å². The third-order valence-electron chi connectivity index (χ3n) is 1.66. The third kappa shape index (κ3) is 2.11. The predicted molar refractivity (Wildman–Crippen MR) is 42.6 cm³/mol. The molecular weight excluding hydrogens is 182 g/mol. The fraction of sp³-hybridized carbons (Fsp3) is 0.714. The number of ether oxygens (including phenoxy) is 1. The minimum Gasteiger partial charge on any atom is -0.460 e. The summed E-state index contributed by atoms with van der Waals surface area (Å²) in [4.78, 5) is 23.0. The highest BCUT2D eigenvalue weighted by Crippen LogP contribution is 2.14. The monoisotopic (exact) mass is 191 g/mol. The Kier molecular flexibility index (Phi) is 2.92. The van der Waals surface area contributed by atoms with Gasteiger partial charge in [-0.2, -0.15) is 0 Å². The lowest BCUT2D eigenvalue weighted by Crippen LogP contribution is -2.25. The number of amides is 1. The molecule has 0 radical (unpaired) electrons. The molecule has 1 amide bonds. The maximum absolute atomic E-state index is 11.0. The second-order valence-electron chi connectivity index (χ2n) is 2.67. The lowest BCUT2D eigenvalue weighted by atomic mass is 10.3. The van der Waals surface area contributed by atoms with E-state index in [9.17, 15) is 9.59 Å². The number of nitrogens with zero attached hydrogens (tertiary/aromatic N) is 1. The van der Waals surface area contributed by atoms with E-state index >= 15 is 0 Å².